The van der Waals surface area contributed by atoms with Gasteiger partial charge in [0.25, 0.3) is 5.91 Å². The van der Waals surface area contributed by atoms with E-state index in [1.165, 1.54) is 6.20 Å². The molecule has 0 N–H and O–H groups in total. The molecule has 1 amide bonds. The monoisotopic (exact) mass is 340 g/mol. The lowest BCUT2D eigenvalue weighted by Gasteiger charge is -2.23. The number of aromatic nitrogens is 3. The number of amides is 1. The second kappa shape index (κ2) is 6.40. The van der Waals surface area contributed by atoms with E-state index in [1.54, 1.807) is 23.5 Å². The first-order valence-electron chi connectivity index (χ1n) is 8.42. The molecule has 2 aliphatic rings. The molecule has 7 nitrogen and oxygen atoms in total. The Hall–Kier alpha value is -2.54. The van der Waals surface area contributed by atoms with Crippen LogP contribution in [0.4, 0.5) is 0 Å². The molecule has 2 atom stereocenters. The number of carbonyl (C=O) groups is 1. The minimum atomic E-state index is -0.319. The summed E-state index contributed by atoms with van der Waals surface area (Å²) in [4.78, 5) is 26.8. The van der Waals surface area contributed by atoms with Gasteiger partial charge in [-0.3, -0.25) is 14.8 Å². The molecule has 2 aromatic rings. The summed E-state index contributed by atoms with van der Waals surface area (Å²) in [5.41, 5.74) is 0.855. The van der Waals surface area contributed by atoms with Crippen LogP contribution in [0.1, 0.15) is 29.0 Å². The number of likely N-dealkylation sites (tertiary alicyclic amines) is 1. The number of nitrogens with zero attached hydrogens (tertiary/aromatic N) is 4. The Bertz CT molecular complexity index is 753. The van der Waals surface area contributed by atoms with Crippen LogP contribution < -0.4 is 4.74 Å². The molecule has 2 aromatic heterocycles. The van der Waals surface area contributed by atoms with E-state index in [2.05, 4.69) is 15.0 Å². The highest BCUT2D eigenvalue weighted by Gasteiger charge is 2.47. The molecule has 130 valence electrons. The van der Waals surface area contributed by atoms with Crippen LogP contribution in [0.15, 0.2) is 36.9 Å². The molecule has 2 unspecified atom stereocenters. The van der Waals surface area contributed by atoms with Crippen molar-refractivity contribution in [2.75, 3.05) is 19.7 Å². The van der Waals surface area contributed by atoms with Gasteiger partial charge in [-0.1, -0.05) is 0 Å². The van der Waals surface area contributed by atoms with Crippen LogP contribution in [-0.4, -0.2) is 57.2 Å². The smallest absolute Gasteiger partial charge is 0.274 e. The van der Waals surface area contributed by atoms with Gasteiger partial charge in [-0.25, -0.2) is 4.98 Å². The zero-order valence-electron chi connectivity index (χ0n) is 14.1. The molecule has 7 heteroatoms. The van der Waals surface area contributed by atoms with Crippen LogP contribution in [0.5, 0.6) is 5.75 Å². The van der Waals surface area contributed by atoms with Crippen LogP contribution in [0.25, 0.3) is 0 Å². The summed E-state index contributed by atoms with van der Waals surface area (Å²) >= 11 is 0. The average Bonchev–Trinajstić information content (AvgIpc) is 3.23. The highest BCUT2D eigenvalue weighted by atomic mass is 16.6. The number of aryl methyl sites for hydroxylation is 1. The maximum atomic E-state index is 12.6. The molecule has 2 aliphatic heterocycles. The molecular formula is C18H20N4O3. The van der Waals surface area contributed by atoms with Gasteiger partial charge in [0, 0.05) is 25.4 Å². The summed E-state index contributed by atoms with van der Waals surface area (Å²) in [5, 5.41) is 0. The van der Waals surface area contributed by atoms with E-state index in [1.807, 2.05) is 19.1 Å². The molecule has 2 fully saturated rings. The molecule has 0 bridgehead atoms. The molecule has 4 heterocycles. The van der Waals surface area contributed by atoms with Crippen LogP contribution in [0, 0.1) is 6.92 Å². The normalized spacial score (nSPS) is 25.5. The number of ether oxygens (including phenoxy) is 2. The molecule has 4 rings (SSSR count). The minimum Gasteiger partial charge on any atom is -0.486 e. The first-order valence-corrected chi connectivity index (χ1v) is 8.42. The molecular weight excluding hydrogens is 320 g/mol. The summed E-state index contributed by atoms with van der Waals surface area (Å²) in [6.45, 7) is 3.60. The predicted molar refractivity (Wildman–Crippen MR) is 89.2 cm³/mol. The lowest BCUT2D eigenvalue weighted by Crippen LogP contribution is -2.36. The topological polar surface area (TPSA) is 77.4 Å². The van der Waals surface area contributed by atoms with Gasteiger partial charge in [0.05, 0.1) is 36.8 Å². The SMILES string of the molecule is Cc1cnc(C(=O)N2CCC3(CC(Oc4cccnc4)CO3)C2)cn1. The van der Waals surface area contributed by atoms with Crippen molar-refractivity contribution < 1.29 is 14.3 Å². The largest absolute Gasteiger partial charge is 0.486 e. The number of rotatable bonds is 3. The van der Waals surface area contributed by atoms with E-state index in [0.29, 0.717) is 25.4 Å². The third-order valence-electron chi connectivity index (χ3n) is 4.72. The first kappa shape index (κ1) is 16.0. The summed E-state index contributed by atoms with van der Waals surface area (Å²) in [5.74, 6) is 0.651. The Morgan fingerprint density at radius 1 is 1.36 bits per heavy atom. The van der Waals surface area contributed by atoms with Crippen molar-refractivity contribution in [2.45, 2.75) is 31.5 Å². The van der Waals surface area contributed by atoms with Gasteiger partial charge in [-0.15, -0.1) is 0 Å². The van der Waals surface area contributed by atoms with E-state index >= 15 is 0 Å². The number of pyridine rings is 1. The Kier molecular flexibility index (Phi) is 4.09. The van der Waals surface area contributed by atoms with Gasteiger partial charge in [-0.05, 0) is 25.5 Å². The Labute approximate surface area is 146 Å². The molecule has 1 spiro atoms. The van der Waals surface area contributed by atoms with Crippen molar-refractivity contribution in [2.24, 2.45) is 0 Å². The third-order valence-corrected chi connectivity index (χ3v) is 4.72. The van der Waals surface area contributed by atoms with Crippen molar-refractivity contribution in [1.29, 1.82) is 0 Å². The summed E-state index contributed by atoms with van der Waals surface area (Å²) in [7, 11) is 0. The van der Waals surface area contributed by atoms with Crippen molar-refractivity contribution >= 4 is 5.91 Å². The quantitative estimate of drug-likeness (QED) is 0.845. The fourth-order valence-corrected chi connectivity index (χ4v) is 3.45. The number of carbonyl (C=O) groups excluding carboxylic acids is 1. The zero-order valence-corrected chi connectivity index (χ0v) is 14.1. The fourth-order valence-electron chi connectivity index (χ4n) is 3.45. The summed E-state index contributed by atoms with van der Waals surface area (Å²) < 4.78 is 12.0. The van der Waals surface area contributed by atoms with Gasteiger partial charge in [0.15, 0.2) is 0 Å². The lowest BCUT2D eigenvalue weighted by molar-refractivity contribution is 0.00988. The Balaban J connectivity index is 1.38. The minimum absolute atomic E-state index is 0.0154. The van der Waals surface area contributed by atoms with Gasteiger partial charge in [0.1, 0.15) is 17.5 Å². The third kappa shape index (κ3) is 3.32. The van der Waals surface area contributed by atoms with Gasteiger partial charge in [-0.2, -0.15) is 0 Å². The van der Waals surface area contributed by atoms with Crippen LogP contribution in [0.3, 0.4) is 0 Å². The molecule has 0 aliphatic carbocycles. The van der Waals surface area contributed by atoms with E-state index in [-0.39, 0.29) is 17.6 Å². The fraction of sp³-hybridized carbons (Fsp3) is 0.444. The second-order valence-electron chi connectivity index (χ2n) is 6.65. The molecule has 0 saturated carbocycles. The van der Waals surface area contributed by atoms with E-state index in [4.69, 9.17) is 9.47 Å². The van der Waals surface area contributed by atoms with E-state index in [0.717, 1.165) is 24.3 Å². The van der Waals surface area contributed by atoms with E-state index in [9.17, 15) is 4.79 Å². The highest BCUT2D eigenvalue weighted by Crippen LogP contribution is 2.36. The molecule has 0 aromatic carbocycles. The van der Waals surface area contributed by atoms with Gasteiger partial charge < -0.3 is 14.4 Å². The Morgan fingerprint density at radius 2 is 2.28 bits per heavy atom. The lowest BCUT2D eigenvalue weighted by atomic mass is 9.98. The molecule has 2 saturated heterocycles. The van der Waals surface area contributed by atoms with Crippen molar-refractivity contribution in [3.63, 3.8) is 0 Å². The standard InChI is InChI=1S/C18H20N4O3/c1-13-8-21-16(10-20-13)17(23)22-6-4-18(12-22)7-15(11-24-18)25-14-3-2-5-19-9-14/h2-3,5,8-10,15H,4,6-7,11-12H2,1H3. The molecule has 0 radical (unpaired) electrons. The maximum absolute atomic E-state index is 12.6. The van der Waals surface area contributed by atoms with Crippen molar-refractivity contribution in [1.82, 2.24) is 19.9 Å². The summed E-state index contributed by atoms with van der Waals surface area (Å²) in [6, 6.07) is 3.73. The zero-order chi connectivity index (χ0) is 17.3. The first-order chi connectivity index (χ1) is 12.1. The van der Waals surface area contributed by atoms with Crippen molar-refractivity contribution in [3.05, 3.63) is 48.3 Å². The number of hydrogen-bond donors (Lipinski definition) is 0. The van der Waals surface area contributed by atoms with Gasteiger partial charge >= 0.3 is 0 Å². The number of hydrogen-bond acceptors (Lipinski definition) is 6. The van der Waals surface area contributed by atoms with Crippen LogP contribution in [0.2, 0.25) is 0 Å². The van der Waals surface area contributed by atoms with E-state index < -0.39 is 0 Å². The predicted octanol–water partition coefficient (Wildman–Crippen LogP) is 1.63. The van der Waals surface area contributed by atoms with Crippen molar-refractivity contribution in [3.8, 4) is 5.75 Å². The highest BCUT2D eigenvalue weighted by molar-refractivity contribution is 5.92. The van der Waals surface area contributed by atoms with Crippen LogP contribution in [-0.2, 0) is 4.74 Å². The van der Waals surface area contributed by atoms with Gasteiger partial charge in [0.2, 0.25) is 0 Å². The second-order valence-corrected chi connectivity index (χ2v) is 6.65. The average molecular weight is 340 g/mol. The van der Waals surface area contributed by atoms with Crippen LogP contribution >= 0.6 is 0 Å². The molecule has 25 heavy (non-hydrogen) atoms. The summed E-state index contributed by atoms with van der Waals surface area (Å²) in [6.07, 6.45) is 8.13. The Morgan fingerprint density at radius 3 is 3.04 bits per heavy atom. The maximum Gasteiger partial charge on any atom is 0.274 e.